The molecule has 7 heteroatoms. The van der Waals surface area contributed by atoms with Crippen LogP contribution < -0.4 is 5.32 Å². The van der Waals surface area contributed by atoms with Gasteiger partial charge in [-0.05, 0) is 38.0 Å². The molecule has 0 aliphatic heterocycles. The van der Waals surface area contributed by atoms with Crippen LogP contribution in [0.25, 0.3) is 11.4 Å². The second kappa shape index (κ2) is 13.3. The van der Waals surface area contributed by atoms with Crippen LogP contribution in [0, 0.1) is 6.92 Å². The molecule has 0 saturated carbocycles. The lowest BCUT2D eigenvalue weighted by atomic mass is 10.0. The molecule has 0 aliphatic rings. The Balaban J connectivity index is 2.00. The lowest BCUT2D eigenvalue weighted by Crippen LogP contribution is -2.33. The summed E-state index contributed by atoms with van der Waals surface area (Å²) in [6.45, 7) is 6.05. The van der Waals surface area contributed by atoms with Crippen molar-refractivity contribution in [1.29, 1.82) is 0 Å². The molecular formula is C24H31FN4O2. The lowest BCUT2D eigenvalue weighted by molar-refractivity contribution is 0.0730. The highest BCUT2D eigenvalue weighted by Crippen LogP contribution is 2.23. The lowest BCUT2D eigenvalue weighted by Gasteiger charge is -2.23. The molecule has 0 saturated heterocycles. The van der Waals surface area contributed by atoms with Crippen molar-refractivity contribution < 1.29 is 13.9 Å². The Morgan fingerprint density at radius 1 is 1.26 bits per heavy atom. The topological polar surface area (TPSA) is 67.3 Å². The number of nitrogens with one attached hydrogen (secondary N) is 1. The number of hydrogen-bond donors (Lipinski definition) is 1. The summed E-state index contributed by atoms with van der Waals surface area (Å²) >= 11 is 0. The fourth-order valence-corrected chi connectivity index (χ4v) is 3.08. The van der Waals surface area contributed by atoms with E-state index < -0.39 is 0 Å². The van der Waals surface area contributed by atoms with Gasteiger partial charge in [-0.25, -0.2) is 14.4 Å². The van der Waals surface area contributed by atoms with Crippen LogP contribution >= 0.6 is 0 Å². The average Bonchev–Trinajstić information content (AvgIpc) is 2.78. The smallest absolute Gasteiger partial charge is 0.254 e. The van der Waals surface area contributed by atoms with Gasteiger partial charge in [-0.15, -0.1) is 0 Å². The van der Waals surface area contributed by atoms with Crippen LogP contribution in [0.15, 0.2) is 60.8 Å². The minimum absolute atomic E-state index is 0.0350. The first kappa shape index (κ1) is 24.2. The van der Waals surface area contributed by atoms with E-state index in [1.807, 2.05) is 36.9 Å². The van der Waals surface area contributed by atoms with E-state index in [4.69, 9.17) is 4.74 Å². The van der Waals surface area contributed by atoms with E-state index in [2.05, 4.69) is 15.3 Å². The minimum Gasteiger partial charge on any atom is -0.392 e. The number of halogens is 1. The number of rotatable bonds is 12. The van der Waals surface area contributed by atoms with Crippen molar-refractivity contribution in [2.24, 2.45) is 0 Å². The van der Waals surface area contributed by atoms with Crippen LogP contribution in [0.1, 0.15) is 35.7 Å². The number of carbonyl (C=O) groups is 1. The summed E-state index contributed by atoms with van der Waals surface area (Å²) in [5, 5.41) is 2.62. The number of ether oxygens (including phenoxy) is 1. The van der Waals surface area contributed by atoms with E-state index in [0.717, 1.165) is 17.5 Å². The number of allylic oxidation sites excluding steroid dienone is 2. The molecule has 0 radical (unpaired) electrons. The van der Waals surface area contributed by atoms with Gasteiger partial charge in [-0.2, -0.15) is 0 Å². The summed E-state index contributed by atoms with van der Waals surface area (Å²) in [6.07, 6.45) is 9.14. The number of hydrogen-bond acceptors (Lipinski definition) is 5. The quantitative estimate of drug-likeness (QED) is 0.405. The third-order valence-electron chi connectivity index (χ3n) is 4.48. The third kappa shape index (κ3) is 7.94. The molecule has 1 aromatic heterocycles. The zero-order chi connectivity index (χ0) is 22.5. The Morgan fingerprint density at radius 2 is 2.03 bits per heavy atom. The highest BCUT2D eigenvalue weighted by molar-refractivity contribution is 6.00. The Morgan fingerprint density at radius 3 is 2.74 bits per heavy atom. The van der Waals surface area contributed by atoms with Crippen molar-refractivity contribution in [2.75, 3.05) is 33.4 Å². The van der Waals surface area contributed by atoms with Crippen LogP contribution in [0.5, 0.6) is 0 Å². The number of nitrogens with zero attached hydrogens (tertiary/aromatic N) is 3. The molecular weight excluding hydrogens is 395 g/mol. The molecule has 0 unspecified atom stereocenters. The summed E-state index contributed by atoms with van der Waals surface area (Å²) < 4.78 is 18.7. The molecule has 1 aromatic carbocycles. The number of aromatic nitrogens is 2. The largest absolute Gasteiger partial charge is 0.392 e. The van der Waals surface area contributed by atoms with Crippen LogP contribution in [0.3, 0.4) is 0 Å². The van der Waals surface area contributed by atoms with Gasteiger partial charge >= 0.3 is 0 Å². The monoisotopic (exact) mass is 426 g/mol. The molecule has 0 spiro atoms. The molecule has 166 valence electrons. The predicted molar refractivity (Wildman–Crippen MR) is 121 cm³/mol. The van der Waals surface area contributed by atoms with E-state index in [1.54, 1.807) is 31.6 Å². The second-order valence-corrected chi connectivity index (χ2v) is 7.06. The second-order valence-electron chi connectivity index (χ2n) is 7.06. The summed E-state index contributed by atoms with van der Waals surface area (Å²) in [7, 11) is 1.64. The van der Waals surface area contributed by atoms with Crippen LogP contribution in [0.2, 0.25) is 0 Å². The van der Waals surface area contributed by atoms with Gasteiger partial charge in [0.2, 0.25) is 0 Å². The molecule has 1 N–H and O–H groups in total. The summed E-state index contributed by atoms with van der Waals surface area (Å²) in [6, 6.07) is 7.51. The van der Waals surface area contributed by atoms with E-state index >= 15 is 0 Å². The summed E-state index contributed by atoms with van der Waals surface area (Å²) in [4.78, 5) is 23.8. The van der Waals surface area contributed by atoms with Crippen molar-refractivity contribution >= 4 is 5.91 Å². The van der Waals surface area contributed by atoms with Gasteiger partial charge in [-0.3, -0.25) is 4.79 Å². The molecule has 2 rings (SSSR count). The average molecular weight is 427 g/mol. The standard InChI is InChI=1S/C24H31FN4O2/c1-4-13-29(14-7-16-31-15-5-8-20(25)18-26-3)24(30)22-17-19(2)9-10-21(22)23-27-11-6-12-28-23/h5-6,8-12,17-18,26H,4,7,13-16H2,1-3H3/b8-5-,20-18+. The van der Waals surface area contributed by atoms with E-state index in [0.29, 0.717) is 44.1 Å². The van der Waals surface area contributed by atoms with Gasteiger partial charge in [0.25, 0.3) is 5.91 Å². The first-order valence-corrected chi connectivity index (χ1v) is 10.5. The maximum Gasteiger partial charge on any atom is 0.254 e. The molecule has 0 atom stereocenters. The predicted octanol–water partition coefficient (Wildman–Crippen LogP) is 4.30. The van der Waals surface area contributed by atoms with Gasteiger partial charge in [0.05, 0.1) is 12.2 Å². The Labute approximate surface area is 183 Å². The zero-order valence-corrected chi connectivity index (χ0v) is 18.5. The normalized spacial score (nSPS) is 11.7. The van der Waals surface area contributed by atoms with Crippen molar-refractivity contribution in [3.8, 4) is 11.4 Å². The molecule has 31 heavy (non-hydrogen) atoms. The molecule has 0 fully saturated rings. The molecule has 0 bridgehead atoms. The van der Waals surface area contributed by atoms with Crippen molar-refractivity contribution in [1.82, 2.24) is 20.2 Å². The first-order chi connectivity index (χ1) is 15.1. The Kier molecular flexibility index (Phi) is 10.4. The molecule has 2 aromatic rings. The van der Waals surface area contributed by atoms with Crippen LogP contribution in [-0.4, -0.2) is 54.1 Å². The number of amides is 1. The highest BCUT2D eigenvalue weighted by Gasteiger charge is 2.20. The number of aryl methyl sites for hydroxylation is 1. The fourth-order valence-electron chi connectivity index (χ4n) is 3.08. The number of carbonyl (C=O) groups excluding carboxylic acids is 1. The van der Waals surface area contributed by atoms with Gasteiger partial charge in [0, 0.05) is 50.9 Å². The van der Waals surface area contributed by atoms with Gasteiger partial charge in [0.1, 0.15) is 5.83 Å². The van der Waals surface area contributed by atoms with Gasteiger partial charge in [0.15, 0.2) is 5.82 Å². The van der Waals surface area contributed by atoms with E-state index in [1.165, 1.54) is 12.3 Å². The van der Waals surface area contributed by atoms with E-state index in [9.17, 15) is 9.18 Å². The van der Waals surface area contributed by atoms with Crippen molar-refractivity contribution in [3.05, 3.63) is 72.0 Å². The van der Waals surface area contributed by atoms with Gasteiger partial charge in [-0.1, -0.05) is 30.7 Å². The maximum atomic E-state index is 13.3. The minimum atomic E-state index is -0.359. The molecule has 0 aliphatic carbocycles. The summed E-state index contributed by atoms with van der Waals surface area (Å²) in [5.41, 5.74) is 2.35. The molecule has 1 heterocycles. The molecule has 6 nitrogen and oxygen atoms in total. The highest BCUT2D eigenvalue weighted by atomic mass is 19.1. The fraction of sp³-hybridized carbons (Fsp3) is 0.375. The van der Waals surface area contributed by atoms with Crippen molar-refractivity contribution in [3.63, 3.8) is 0 Å². The summed E-state index contributed by atoms with van der Waals surface area (Å²) in [5.74, 6) is 0.145. The van der Waals surface area contributed by atoms with Crippen LogP contribution in [0.4, 0.5) is 4.39 Å². The Bertz CT molecular complexity index is 884. The molecule has 1 amide bonds. The SMILES string of the molecule is CCCN(CCCOC/C=C\C(F)=C/NC)C(=O)c1cc(C)ccc1-c1ncccn1. The Hall–Kier alpha value is -3.06. The first-order valence-electron chi connectivity index (χ1n) is 10.5. The van der Waals surface area contributed by atoms with Gasteiger partial charge < -0.3 is 15.0 Å². The van der Waals surface area contributed by atoms with E-state index in [-0.39, 0.29) is 11.7 Å². The number of benzene rings is 1. The maximum absolute atomic E-state index is 13.3. The van der Waals surface area contributed by atoms with Crippen molar-refractivity contribution in [2.45, 2.75) is 26.7 Å². The third-order valence-corrected chi connectivity index (χ3v) is 4.48. The zero-order valence-electron chi connectivity index (χ0n) is 18.5. The van der Waals surface area contributed by atoms with Crippen LogP contribution in [-0.2, 0) is 4.74 Å².